The number of anilines is 2. The summed E-state index contributed by atoms with van der Waals surface area (Å²) >= 11 is 0. The molecule has 1 unspecified atom stereocenters. The highest BCUT2D eigenvalue weighted by Gasteiger charge is 2.36. The average Bonchev–Trinajstić information content (AvgIpc) is 3.29. The lowest BCUT2D eigenvalue weighted by Gasteiger charge is -2.22. The monoisotopic (exact) mass is 556 g/mol. The van der Waals surface area contributed by atoms with Gasteiger partial charge in [0.25, 0.3) is 0 Å². The number of amides is 2. The molecule has 0 fully saturated rings. The summed E-state index contributed by atoms with van der Waals surface area (Å²) in [6, 6.07) is 19.0. The Balaban J connectivity index is 1.84. The van der Waals surface area contributed by atoms with E-state index >= 15 is 0 Å². The standard InChI is InChI=1S/C31H32N4O6/c1-6-41-31(39)23-17-21(13-15-25(23)35(4)26(36)18-34(2)3)32-28(19-10-8-7-9-11-19)27-22-14-12-20(30(38)40-5)16-24(22)33-29(27)37/h7-17,27H,6,18H2,1-5H3,(H,33,37). The van der Waals surface area contributed by atoms with Crippen molar-refractivity contribution in [3.63, 3.8) is 0 Å². The molecule has 10 heteroatoms. The van der Waals surface area contributed by atoms with Crippen LogP contribution in [0, 0.1) is 0 Å². The second-order valence-electron chi connectivity index (χ2n) is 9.69. The number of hydrogen-bond acceptors (Lipinski definition) is 8. The third-order valence-corrected chi connectivity index (χ3v) is 6.56. The zero-order valence-corrected chi connectivity index (χ0v) is 23.6. The van der Waals surface area contributed by atoms with Gasteiger partial charge < -0.3 is 24.6 Å². The van der Waals surface area contributed by atoms with Gasteiger partial charge in [0.15, 0.2) is 0 Å². The highest BCUT2D eigenvalue weighted by molar-refractivity contribution is 6.24. The van der Waals surface area contributed by atoms with Gasteiger partial charge in [0.2, 0.25) is 11.8 Å². The molecule has 0 saturated carbocycles. The van der Waals surface area contributed by atoms with Crippen molar-refractivity contribution in [3.8, 4) is 0 Å². The van der Waals surface area contributed by atoms with Crippen LogP contribution in [0.2, 0.25) is 0 Å². The number of hydrogen-bond donors (Lipinski definition) is 1. The van der Waals surface area contributed by atoms with Crippen LogP contribution in [0.5, 0.6) is 0 Å². The van der Waals surface area contributed by atoms with Gasteiger partial charge in [0.05, 0.1) is 48.5 Å². The van der Waals surface area contributed by atoms with Crippen LogP contribution < -0.4 is 10.2 Å². The molecule has 1 N–H and O–H groups in total. The molecule has 10 nitrogen and oxygen atoms in total. The van der Waals surface area contributed by atoms with Crippen molar-refractivity contribution >= 4 is 46.5 Å². The lowest BCUT2D eigenvalue weighted by molar-refractivity contribution is -0.119. The van der Waals surface area contributed by atoms with Gasteiger partial charge in [-0.25, -0.2) is 9.59 Å². The van der Waals surface area contributed by atoms with E-state index in [0.717, 1.165) is 0 Å². The minimum absolute atomic E-state index is 0.156. The van der Waals surface area contributed by atoms with Gasteiger partial charge in [-0.2, -0.15) is 0 Å². The maximum atomic E-state index is 13.3. The van der Waals surface area contributed by atoms with E-state index in [0.29, 0.717) is 39.5 Å². The highest BCUT2D eigenvalue weighted by Crippen LogP contribution is 2.37. The Morgan fingerprint density at radius 2 is 1.66 bits per heavy atom. The van der Waals surface area contributed by atoms with Crippen molar-refractivity contribution in [2.45, 2.75) is 12.8 Å². The molecule has 0 aromatic heterocycles. The van der Waals surface area contributed by atoms with Crippen molar-refractivity contribution in [3.05, 3.63) is 89.0 Å². The number of esters is 2. The first-order valence-corrected chi connectivity index (χ1v) is 13.0. The number of carbonyl (C=O) groups is 4. The molecule has 3 aromatic carbocycles. The maximum absolute atomic E-state index is 13.3. The molecule has 0 saturated heterocycles. The molecule has 1 aliphatic heterocycles. The fourth-order valence-electron chi connectivity index (χ4n) is 4.59. The van der Waals surface area contributed by atoms with Gasteiger partial charge >= 0.3 is 11.9 Å². The van der Waals surface area contributed by atoms with Crippen molar-refractivity contribution in [1.82, 2.24) is 4.90 Å². The van der Waals surface area contributed by atoms with E-state index < -0.39 is 17.9 Å². The van der Waals surface area contributed by atoms with E-state index in [1.54, 1.807) is 69.4 Å². The lowest BCUT2D eigenvalue weighted by Crippen LogP contribution is -2.35. The maximum Gasteiger partial charge on any atom is 0.340 e. The molecule has 1 heterocycles. The molecule has 1 atom stereocenters. The molecule has 1 aliphatic rings. The first kappa shape index (κ1) is 29.2. The van der Waals surface area contributed by atoms with Gasteiger partial charge in [0, 0.05) is 12.7 Å². The van der Waals surface area contributed by atoms with E-state index in [2.05, 4.69) is 5.32 Å². The molecule has 212 valence electrons. The van der Waals surface area contributed by atoms with Crippen LogP contribution >= 0.6 is 0 Å². The first-order chi connectivity index (χ1) is 19.6. The van der Waals surface area contributed by atoms with Gasteiger partial charge in [-0.1, -0.05) is 36.4 Å². The van der Waals surface area contributed by atoms with Crippen LogP contribution in [0.15, 0.2) is 71.7 Å². The smallest absolute Gasteiger partial charge is 0.340 e. The summed E-state index contributed by atoms with van der Waals surface area (Å²) in [6.07, 6.45) is 0. The van der Waals surface area contributed by atoms with E-state index in [9.17, 15) is 19.2 Å². The van der Waals surface area contributed by atoms with Crippen LogP contribution in [-0.4, -0.2) is 75.8 Å². The lowest BCUT2D eigenvalue weighted by atomic mass is 9.90. The second-order valence-corrected chi connectivity index (χ2v) is 9.69. The Bertz CT molecular complexity index is 1520. The average molecular weight is 557 g/mol. The van der Waals surface area contributed by atoms with E-state index in [1.165, 1.54) is 12.0 Å². The molecule has 2 amide bonds. The zero-order valence-electron chi connectivity index (χ0n) is 23.6. The number of aliphatic imine (C=N–C) groups is 1. The summed E-state index contributed by atoms with van der Waals surface area (Å²) in [6.45, 7) is 2.02. The van der Waals surface area contributed by atoms with Gasteiger partial charge in [-0.05, 0) is 62.5 Å². The van der Waals surface area contributed by atoms with Crippen LogP contribution in [0.25, 0.3) is 0 Å². The summed E-state index contributed by atoms with van der Waals surface area (Å²) in [5, 5.41) is 2.85. The van der Waals surface area contributed by atoms with Crippen LogP contribution in [0.3, 0.4) is 0 Å². The van der Waals surface area contributed by atoms with Crippen LogP contribution in [-0.2, 0) is 19.1 Å². The highest BCUT2D eigenvalue weighted by atomic mass is 16.5. The van der Waals surface area contributed by atoms with Crippen molar-refractivity contribution < 1.29 is 28.7 Å². The minimum Gasteiger partial charge on any atom is -0.465 e. The molecular formula is C31H32N4O6. The topological polar surface area (TPSA) is 118 Å². The number of nitrogens with one attached hydrogen (secondary N) is 1. The van der Waals surface area contributed by atoms with E-state index in [1.807, 2.05) is 30.3 Å². The second kappa shape index (κ2) is 12.6. The molecule has 3 aromatic rings. The Labute approximate surface area is 238 Å². The molecule has 0 spiro atoms. The molecule has 4 rings (SSSR count). The molecule has 0 aliphatic carbocycles. The van der Waals surface area contributed by atoms with Gasteiger partial charge in [0.1, 0.15) is 5.92 Å². The predicted molar refractivity (Wildman–Crippen MR) is 156 cm³/mol. The molecule has 0 radical (unpaired) electrons. The number of fused-ring (bicyclic) bond motifs is 1. The van der Waals surface area contributed by atoms with E-state index in [4.69, 9.17) is 14.5 Å². The normalized spacial score (nSPS) is 14.3. The third kappa shape index (κ3) is 6.33. The van der Waals surface area contributed by atoms with Gasteiger partial charge in [-0.15, -0.1) is 0 Å². The minimum atomic E-state index is -0.783. The van der Waals surface area contributed by atoms with Crippen molar-refractivity contribution in [2.24, 2.45) is 4.99 Å². The largest absolute Gasteiger partial charge is 0.465 e. The predicted octanol–water partition coefficient (Wildman–Crippen LogP) is 4.03. The SMILES string of the molecule is CCOC(=O)c1cc(N=C(c2ccccc2)C2C(=O)Nc3cc(C(=O)OC)ccc32)ccc1N(C)C(=O)CN(C)C. The Hall–Kier alpha value is -4.83. The summed E-state index contributed by atoms with van der Waals surface area (Å²) in [4.78, 5) is 59.2. The van der Waals surface area contributed by atoms with Crippen molar-refractivity contribution in [2.75, 3.05) is 51.6 Å². The number of methoxy groups -OCH3 is 1. The fourth-order valence-corrected chi connectivity index (χ4v) is 4.59. The first-order valence-electron chi connectivity index (χ1n) is 13.0. The number of ether oxygens (including phenoxy) is 2. The van der Waals surface area contributed by atoms with Crippen LogP contribution in [0.1, 0.15) is 44.7 Å². The van der Waals surface area contributed by atoms with Crippen LogP contribution in [0.4, 0.5) is 17.1 Å². The molecule has 0 bridgehead atoms. The Kier molecular flexibility index (Phi) is 8.94. The molecule has 41 heavy (non-hydrogen) atoms. The third-order valence-electron chi connectivity index (χ3n) is 6.56. The summed E-state index contributed by atoms with van der Waals surface area (Å²) in [5.41, 5.74) is 3.58. The fraction of sp³-hybridized carbons (Fsp3) is 0.258. The molecular weight excluding hydrogens is 524 g/mol. The number of likely N-dealkylation sites (N-methyl/N-ethyl adjacent to an activating group) is 2. The summed E-state index contributed by atoms with van der Waals surface area (Å²) < 4.78 is 10.1. The summed E-state index contributed by atoms with van der Waals surface area (Å²) in [5.74, 6) is -2.39. The van der Waals surface area contributed by atoms with E-state index in [-0.39, 0.29) is 30.5 Å². The summed E-state index contributed by atoms with van der Waals surface area (Å²) in [7, 11) is 6.47. The van der Waals surface area contributed by atoms with Gasteiger partial charge in [-0.3, -0.25) is 14.6 Å². The zero-order chi connectivity index (χ0) is 29.7. The number of rotatable bonds is 9. The number of benzene rings is 3. The Morgan fingerprint density at radius 1 is 0.927 bits per heavy atom. The van der Waals surface area contributed by atoms with Crippen molar-refractivity contribution in [1.29, 1.82) is 0 Å². The number of nitrogens with zero attached hydrogens (tertiary/aromatic N) is 3. The Morgan fingerprint density at radius 3 is 2.32 bits per heavy atom. The quantitative estimate of drug-likeness (QED) is 0.312. The number of carbonyl (C=O) groups excluding carboxylic acids is 4.